The maximum absolute atomic E-state index is 12.6. The molecule has 1 amide bonds. The lowest BCUT2D eigenvalue weighted by atomic mass is 10.1. The van der Waals surface area contributed by atoms with E-state index in [9.17, 15) is 4.79 Å². The predicted molar refractivity (Wildman–Crippen MR) is 183 cm³/mol. The van der Waals surface area contributed by atoms with Crippen LogP contribution >= 0.6 is 0 Å². The minimum absolute atomic E-state index is 0.0239. The number of ether oxygens (including phenoxy) is 6. The first-order valence-corrected chi connectivity index (χ1v) is 16.5. The van der Waals surface area contributed by atoms with Gasteiger partial charge in [0, 0.05) is 32.2 Å². The lowest BCUT2D eigenvalue weighted by Crippen LogP contribution is -2.28. The summed E-state index contributed by atoms with van der Waals surface area (Å²) in [5, 5.41) is 5.49. The van der Waals surface area contributed by atoms with E-state index in [2.05, 4.69) is 15.0 Å². The van der Waals surface area contributed by atoms with Crippen LogP contribution in [0, 0.1) is 0 Å². The van der Waals surface area contributed by atoms with Crippen LogP contribution in [0.2, 0.25) is 0 Å². The summed E-state index contributed by atoms with van der Waals surface area (Å²) in [4.78, 5) is 27.1. The number of rotatable bonds is 26. The Morgan fingerprint density at radius 1 is 0.837 bits per heavy atom. The molecule has 0 radical (unpaired) electrons. The van der Waals surface area contributed by atoms with Crippen LogP contribution in [0.5, 0.6) is 0 Å². The third-order valence-corrected chi connectivity index (χ3v) is 7.36. The Kier molecular flexibility index (Phi) is 16.4. The van der Waals surface area contributed by atoms with Gasteiger partial charge in [-0.1, -0.05) is 0 Å². The number of nitrogens with two attached hydrogens (primary N) is 3. The Bertz CT molecular complexity index is 1550. The summed E-state index contributed by atoms with van der Waals surface area (Å²) in [6.45, 7) is 7.42. The molecule has 4 rings (SSSR count). The molecule has 0 saturated carbocycles. The van der Waals surface area contributed by atoms with Crippen LogP contribution < -0.4 is 17.2 Å². The first-order valence-electron chi connectivity index (χ1n) is 16.5. The number of nitrogens with zero attached hydrogens (tertiary/aromatic N) is 6. The molecule has 0 fully saturated rings. The van der Waals surface area contributed by atoms with Crippen molar-refractivity contribution in [2.75, 3.05) is 111 Å². The molecule has 6 N–H and O–H groups in total. The van der Waals surface area contributed by atoms with Crippen LogP contribution in [0.1, 0.15) is 19.3 Å². The van der Waals surface area contributed by atoms with Gasteiger partial charge in [0.05, 0.1) is 91.1 Å². The van der Waals surface area contributed by atoms with Crippen molar-refractivity contribution in [3.63, 3.8) is 0 Å². The van der Waals surface area contributed by atoms with Gasteiger partial charge in [-0.05, 0) is 31.0 Å². The number of fused-ring (bicyclic) bond motifs is 2. The number of nitrogen functional groups attached to an aromatic ring is 2. The molecular formula is C32H49N9O8. The molecule has 0 aliphatic heterocycles. The van der Waals surface area contributed by atoms with E-state index in [4.69, 9.17) is 55.1 Å². The highest BCUT2D eigenvalue weighted by molar-refractivity contribution is 5.99. The Labute approximate surface area is 285 Å². The molecule has 3 aromatic heterocycles. The van der Waals surface area contributed by atoms with Gasteiger partial charge in [0.1, 0.15) is 23.4 Å². The van der Waals surface area contributed by atoms with Crippen molar-refractivity contribution in [3.05, 3.63) is 24.5 Å². The molecule has 0 unspecified atom stereocenters. The number of benzene rings is 1. The fourth-order valence-corrected chi connectivity index (χ4v) is 4.85. The highest BCUT2D eigenvalue weighted by atomic mass is 16.6. The summed E-state index contributed by atoms with van der Waals surface area (Å²) in [6, 6.07) is 5.62. The van der Waals surface area contributed by atoms with Gasteiger partial charge in [-0.3, -0.25) is 4.79 Å². The Balaban J connectivity index is 1.02. The average molecular weight is 688 g/mol. The normalized spacial score (nSPS) is 11.6. The second-order valence-electron chi connectivity index (χ2n) is 11.0. The zero-order valence-corrected chi connectivity index (χ0v) is 28.2. The van der Waals surface area contributed by atoms with Crippen LogP contribution in [0.3, 0.4) is 0 Å². The minimum atomic E-state index is 0.0239. The maximum Gasteiger partial charge on any atom is 0.292 e. The van der Waals surface area contributed by atoms with E-state index in [0.717, 1.165) is 18.4 Å². The number of carbonyl (C=O) groups excluding carboxylic acids is 1. The molecule has 0 atom stereocenters. The first kappa shape index (κ1) is 37.8. The van der Waals surface area contributed by atoms with Gasteiger partial charge in [0.15, 0.2) is 11.2 Å². The summed E-state index contributed by atoms with van der Waals surface area (Å²) in [7, 11) is 1.80. The van der Waals surface area contributed by atoms with Gasteiger partial charge in [-0.25, -0.2) is 14.6 Å². The average Bonchev–Trinajstić information content (AvgIpc) is 3.67. The summed E-state index contributed by atoms with van der Waals surface area (Å²) in [6.07, 6.45) is 3.30. The molecule has 0 aliphatic rings. The van der Waals surface area contributed by atoms with Crippen LogP contribution in [0.25, 0.3) is 33.4 Å². The summed E-state index contributed by atoms with van der Waals surface area (Å²) < 4.78 is 39.8. The number of aromatic nitrogens is 5. The van der Waals surface area contributed by atoms with E-state index < -0.39 is 0 Å². The maximum atomic E-state index is 12.6. The van der Waals surface area contributed by atoms with E-state index in [1.54, 1.807) is 18.0 Å². The fourth-order valence-electron chi connectivity index (χ4n) is 4.85. The lowest BCUT2D eigenvalue weighted by molar-refractivity contribution is -0.131. The monoisotopic (exact) mass is 687 g/mol. The van der Waals surface area contributed by atoms with Crippen molar-refractivity contribution in [1.29, 1.82) is 0 Å². The van der Waals surface area contributed by atoms with Crippen molar-refractivity contribution < 1.29 is 37.6 Å². The molecular weight excluding hydrogens is 638 g/mol. The Morgan fingerprint density at radius 2 is 1.45 bits per heavy atom. The van der Waals surface area contributed by atoms with E-state index in [0.29, 0.717) is 139 Å². The number of anilines is 2. The topological polar surface area (TPSA) is 223 Å². The Morgan fingerprint density at radius 3 is 2.08 bits per heavy atom. The number of amides is 1. The molecule has 0 bridgehead atoms. The number of oxazole rings is 1. The number of carbonyl (C=O) groups is 1. The number of unbranched alkanes of at least 4 members (excludes halogenated alkanes) is 1. The highest BCUT2D eigenvalue weighted by Crippen LogP contribution is 2.32. The summed E-state index contributed by atoms with van der Waals surface area (Å²) in [5.74, 6) is 0.367. The molecule has 3 heterocycles. The minimum Gasteiger partial charge on any atom is -0.424 e. The van der Waals surface area contributed by atoms with Gasteiger partial charge < -0.3 is 54.9 Å². The van der Waals surface area contributed by atoms with Crippen LogP contribution in [-0.4, -0.2) is 135 Å². The standard InChI is InChI=1S/C32H49N9O8/c1-40(27(42)6-10-43-12-14-45-16-18-47-20-21-48-19-17-46-15-13-44-11-7-33)8-2-3-9-41-31-28(30(34)36-23-37-31)29(39-41)24-4-5-26-25(22-24)38-32(35)49-26/h4-5,22-23H,2-3,6-21,33H2,1H3,(H2,35,38)(H2,34,36,37). The molecule has 0 aliphatic carbocycles. The molecule has 0 spiro atoms. The predicted octanol–water partition coefficient (Wildman–Crippen LogP) is 1.49. The SMILES string of the molecule is CN(CCCCn1nc(-c2ccc3oc(N)nc3c2)c2c(N)ncnc21)C(=O)CCOCCOCCOCCOCCOCCOCCN. The smallest absolute Gasteiger partial charge is 0.292 e. The van der Waals surface area contributed by atoms with E-state index >= 15 is 0 Å². The molecule has 49 heavy (non-hydrogen) atoms. The van der Waals surface area contributed by atoms with Crippen molar-refractivity contribution in [2.45, 2.75) is 25.8 Å². The van der Waals surface area contributed by atoms with E-state index in [1.165, 1.54) is 6.33 Å². The fraction of sp³-hybridized carbons (Fsp3) is 0.594. The number of hydrogen-bond donors (Lipinski definition) is 3. The van der Waals surface area contributed by atoms with Gasteiger partial charge in [-0.2, -0.15) is 10.1 Å². The molecule has 1 aromatic carbocycles. The molecule has 17 heteroatoms. The van der Waals surface area contributed by atoms with E-state index in [1.807, 2.05) is 16.8 Å². The van der Waals surface area contributed by atoms with Crippen molar-refractivity contribution in [2.24, 2.45) is 5.73 Å². The number of aryl methyl sites for hydroxylation is 1. The summed E-state index contributed by atoms with van der Waals surface area (Å²) in [5.41, 5.74) is 20.6. The second-order valence-corrected chi connectivity index (χ2v) is 11.0. The van der Waals surface area contributed by atoms with Gasteiger partial charge in [0.25, 0.3) is 6.01 Å². The zero-order chi connectivity index (χ0) is 34.7. The molecule has 270 valence electrons. The van der Waals surface area contributed by atoms with Crippen LogP contribution in [0.15, 0.2) is 28.9 Å². The first-order chi connectivity index (χ1) is 24.0. The van der Waals surface area contributed by atoms with Gasteiger partial charge in [-0.15, -0.1) is 0 Å². The zero-order valence-electron chi connectivity index (χ0n) is 28.2. The Hall–Kier alpha value is -3.97. The van der Waals surface area contributed by atoms with Crippen molar-refractivity contribution in [1.82, 2.24) is 29.6 Å². The number of hydrogen-bond acceptors (Lipinski definition) is 15. The van der Waals surface area contributed by atoms with Crippen molar-refractivity contribution in [3.8, 4) is 11.3 Å². The van der Waals surface area contributed by atoms with Gasteiger partial charge in [0.2, 0.25) is 5.91 Å². The van der Waals surface area contributed by atoms with Crippen LogP contribution in [-0.2, 0) is 39.8 Å². The third-order valence-electron chi connectivity index (χ3n) is 7.36. The largest absolute Gasteiger partial charge is 0.424 e. The second kappa shape index (κ2) is 21.2. The molecule has 4 aromatic rings. The quantitative estimate of drug-likeness (QED) is 0.0795. The van der Waals surface area contributed by atoms with E-state index in [-0.39, 0.29) is 11.9 Å². The summed E-state index contributed by atoms with van der Waals surface area (Å²) >= 11 is 0. The third kappa shape index (κ3) is 12.5. The van der Waals surface area contributed by atoms with Crippen LogP contribution in [0.4, 0.5) is 11.8 Å². The molecule has 17 nitrogen and oxygen atoms in total. The lowest BCUT2D eigenvalue weighted by Gasteiger charge is -2.17. The highest BCUT2D eigenvalue weighted by Gasteiger charge is 2.18. The molecule has 0 saturated heterocycles. The van der Waals surface area contributed by atoms with Gasteiger partial charge >= 0.3 is 0 Å². The van der Waals surface area contributed by atoms with Crippen molar-refractivity contribution >= 4 is 39.9 Å².